The second kappa shape index (κ2) is 6.42. The summed E-state index contributed by atoms with van der Waals surface area (Å²) in [5, 5.41) is 9.84. The molecule has 0 unspecified atom stereocenters. The highest BCUT2D eigenvalue weighted by atomic mass is 16.5. The number of oxazole rings is 1. The number of hydrogen-bond donors (Lipinski definition) is 1. The van der Waals surface area contributed by atoms with Gasteiger partial charge in [-0.15, -0.1) is 0 Å². The number of hydrogen-bond acceptors (Lipinski definition) is 5. The summed E-state index contributed by atoms with van der Waals surface area (Å²) in [6.07, 6.45) is 0. The molecule has 1 amide bonds. The van der Waals surface area contributed by atoms with Crippen LogP contribution in [0.2, 0.25) is 0 Å². The molecule has 1 heterocycles. The van der Waals surface area contributed by atoms with Crippen molar-refractivity contribution in [1.82, 2.24) is 9.88 Å². The van der Waals surface area contributed by atoms with E-state index < -0.39 is 5.60 Å². The number of carbonyl (C=O) groups excluding carboxylic acids is 1. The van der Waals surface area contributed by atoms with E-state index in [2.05, 4.69) is 4.98 Å². The van der Waals surface area contributed by atoms with Gasteiger partial charge in [-0.1, -0.05) is 0 Å². The number of aromatic nitrogens is 1. The minimum atomic E-state index is -0.971. The van der Waals surface area contributed by atoms with E-state index in [0.29, 0.717) is 11.7 Å². The predicted octanol–water partition coefficient (Wildman–Crippen LogP) is 2.50. The molecule has 2 rings (SSSR count). The van der Waals surface area contributed by atoms with Gasteiger partial charge in [-0.25, -0.2) is 4.98 Å². The normalized spacial score (nSPS) is 11.4. The first-order valence-electron chi connectivity index (χ1n) is 7.31. The van der Waals surface area contributed by atoms with E-state index in [1.54, 1.807) is 47.1 Å². The molecule has 1 aromatic heterocycles. The monoisotopic (exact) mass is 318 g/mol. The zero-order valence-corrected chi connectivity index (χ0v) is 14.1. The average molecular weight is 318 g/mol. The van der Waals surface area contributed by atoms with Gasteiger partial charge in [0.05, 0.1) is 12.7 Å². The standard InChI is InChI=1S/C17H22N2O4/c1-11-14(16(20)19(4)10-17(2,3)21)18-15(23-11)12-6-8-13(22-5)9-7-12/h6-9,21H,10H2,1-5H3. The maximum absolute atomic E-state index is 12.5. The highest BCUT2D eigenvalue weighted by Gasteiger charge is 2.25. The number of methoxy groups -OCH3 is 1. The van der Waals surface area contributed by atoms with Crippen molar-refractivity contribution in [3.8, 4) is 17.2 Å². The first-order chi connectivity index (χ1) is 10.7. The molecule has 0 bridgehead atoms. The lowest BCUT2D eigenvalue weighted by molar-refractivity contribution is 0.0364. The van der Waals surface area contributed by atoms with Gasteiger partial charge >= 0.3 is 0 Å². The number of likely N-dealkylation sites (N-methyl/N-ethyl adjacent to an activating group) is 1. The fourth-order valence-corrected chi connectivity index (χ4v) is 2.28. The number of rotatable bonds is 5. The molecule has 0 aliphatic rings. The summed E-state index contributed by atoms with van der Waals surface area (Å²) in [6.45, 7) is 5.20. The van der Waals surface area contributed by atoms with Crippen molar-refractivity contribution in [2.75, 3.05) is 20.7 Å². The van der Waals surface area contributed by atoms with Gasteiger partial charge in [-0.3, -0.25) is 4.79 Å². The average Bonchev–Trinajstić information content (AvgIpc) is 2.86. The van der Waals surface area contributed by atoms with Gasteiger partial charge < -0.3 is 19.2 Å². The molecule has 124 valence electrons. The molecule has 0 spiro atoms. The van der Waals surface area contributed by atoms with E-state index in [9.17, 15) is 9.90 Å². The minimum absolute atomic E-state index is 0.204. The third kappa shape index (κ3) is 4.10. The summed E-state index contributed by atoms with van der Waals surface area (Å²) < 4.78 is 10.7. The first kappa shape index (κ1) is 17.0. The molecular weight excluding hydrogens is 296 g/mol. The zero-order valence-electron chi connectivity index (χ0n) is 14.1. The Bertz CT molecular complexity index is 684. The summed E-state index contributed by atoms with van der Waals surface area (Å²) in [4.78, 5) is 18.2. The van der Waals surface area contributed by atoms with Crippen molar-refractivity contribution < 1.29 is 19.1 Å². The fraction of sp³-hybridized carbons (Fsp3) is 0.412. The third-order valence-corrected chi connectivity index (χ3v) is 3.31. The molecule has 0 aliphatic carbocycles. The second-order valence-electron chi connectivity index (χ2n) is 6.13. The smallest absolute Gasteiger partial charge is 0.275 e. The SMILES string of the molecule is COc1ccc(-c2nc(C(=O)N(C)CC(C)(C)O)c(C)o2)cc1. The van der Waals surface area contributed by atoms with Gasteiger partial charge in [0.2, 0.25) is 5.89 Å². The molecule has 2 aromatic rings. The molecule has 6 heteroatoms. The Morgan fingerprint density at radius 2 is 1.96 bits per heavy atom. The minimum Gasteiger partial charge on any atom is -0.497 e. The van der Waals surface area contributed by atoms with Crippen LogP contribution in [0.1, 0.15) is 30.1 Å². The van der Waals surface area contributed by atoms with E-state index in [1.807, 2.05) is 12.1 Å². The van der Waals surface area contributed by atoms with Crippen LogP contribution in [0.15, 0.2) is 28.7 Å². The molecular formula is C17H22N2O4. The van der Waals surface area contributed by atoms with Crippen LogP contribution in [0.4, 0.5) is 0 Å². The molecule has 1 aromatic carbocycles. The summed E-state index contributed by atoms with van der Waals surface area (Å²) in [5.74, 6) is 1.28. The second-order valence-corrected chi connectivity index (χ2v) is 6.13. The Labute approximate surface area is 135 Å². The number of ether oxygens (including phenoxy) is 1. The van der Waals surface area contributed by atoms with Gasteiger partial charge in [0.1, 0.15) is 11.5 Å². The summed E-state index contributed by atoms with van der Waals surface area (Å²) in [7, 11) is 3.22. The van der Waals surface area contributed by atoms with Crippen LogP contribution in [0.5, 0.6) is 5.75 Å². The van der Waals surface area contributed by atoms with Crippen LogP contribution in [-0.2, 0) is 0 Å². The van der Waals surface area contributed by atoms with Crippen molar-refractivity contribution in [2.45, 2.75) is 26.4 Å². The molecule has 0 fully saturated rings. The van der Waals surface area contributed by atoms with E-state index in [4.69, 9.17) is 9.15 Å². The van der Waals surface area contributed by atoms with Crippen LogP contribution >= 0.6 is 0 Å². The molecule has 23 heavy (non-hydrogen) atoms. The Kier molecular flexibility index (Phi) is 4.75. The van der Waals surface area contributed by atoms with Gasteiger partial charge in [0.25, 0.3) is 5.91 Å². The maximum Gasteiger partial charge on any atom is 0.275 e. The van der Waals surface area contributed by atoms with Crippen LogP contribution in [0.25, 0.3) is 11.5 Å². The molecule has 0 radical (unpaired) electrons. The van der Waals surface area contributed by atoms with Crippen molar-refractivity contribution in [3.63, 3.8) is 0 Å². The van der Waals surface area contributed by atoms with E-state index in [-0.39, 0.29) is 18.1 Å². The van der Waals surface area contributed by atoms with Crippen molar-refractivity contribution in [2.24, 2.45) is 0 Å². The third-order valence-electron chi connectivity index (χ3n) is 3.31. The van der Waals surface area contributed by atoms with Gasteiger partial charge in [-0.05, 0) is 45.0 Å². The van der Waals surface area contributed by atoms with Gasteiger partial charge in [0, 0.05) is 19.2 Å². The Balaban J connectivity index is 2.24. The summed E-state index contributed by atoms with van der Waals surface area (Å²) in [6, 6.07) is 7.24. The lowest BCUT2D eigenvalue weighted by atomic mass is 10.1. The lowest BCUT2D eigenvalue weighted by Crippen LogP contribution is -2.40. The maximum atomic E-state index is 12.5. The molecule has 1 N–H and O–H groups in total. The topological polar surface area (TPSA) is 75.8 Å². The van der Waals surface area contributed by atoms with Crippen LogP contribution in [0.3, 0.4) is 0 Å². The Morgan fingerprint density at radius 3 is 2.48 bits per heavy atom. The fourth-order valence-electron chi connectivity index (χ4n) is 2.28. The quantitative estimate of drug-likeness (QED) is 0.916. The summed E-state index contributed by atoms with van der Waals surface area (Å²) >= 11 is 0. The van der Waals surface area contributed by atoms with Crippen molar-refractivity contribution in [3.05, 3.63) is 35.7 Å². The predicted molar refractivity (Wildman–Crippen MR) is 86.5 cm³/mol. The molecule has 0 atom stereocenters. The number of nitrogens with zero attached hydrogens (tertiary/aromatic N) is 2. The van der Waals surface area contributed by atoms with Crippen molar-refractivity contribution >= 4 is 5.91 Å². The molecule has 0 saturated heterocycles. The Morgan fingerprint density at radius 1 is 1.35 bits per heavy atom. The zero-order chi connectivity index (χ0) is 17.2. The molecule has 0 aliphatic heterocycles. The van der Waals surface area contributed by atoms with Crippen LogP contribution < -0.4 is 4.74 Å². The number of carbonyl (C=O) groups is 1. The van der Waals surface area contributed by atoms with E-state index in [1.165, 1.54) is 4.90 Å². The number of benzene rings is 1. The number of aliphatic hydroxyl groups is 1. The highest BCUT2D eigenvalue weighted by Crippen LogP contribution is 2.24. The first-order valence-corrected chi connectivity index (χ1v) is 7.31. The van der Waals surface area contributed by atoms with Crippen LogP contribution in [0, 0.1) is 6.92 Å². The number of amides is 1. The molecule has 0 saturated carbocycles. The van der Waals surface area contributed by atoms with E-state index >= 15 is 0 Å². The van der Waals surface area contributed by atoms with Crippen LogP contribution in [-0.4, -0.2) is 47.2 Å². The lowest BCUT2D eigenvalue weighted by Gasteiger charge is -2.24. The van der Waals surface area contributed by atoms with E-state index in [0.717, 1.165) is 11.3 Å². The van der Waals surface area contributed by atoms with Crippen molar-refractivity contribution in [1.29, 1.82) is 0 Å². The molecule has 6 nitrogen and oxygen atoms in total. The highest BCUT2D eigenvalue weighted by molar-refractivity contribution is 5.93. The number of aryl methyl sites for hydroxylation is 1. The summed E-state index contributed by atoms with van der Waals surface area (Å²) in [5.41, 5.74) is 0.0431. The van der Waals surface area contributed by atoms with Gasteiger partial charge in [0.15, 0.2) is 5.69 Å². The van der Waals surface area contributed by atoms with Gasteiger partial charge in [-0.2, -0.15) is 0 Å². The Hall–Kier alpha value is -2.34. The largest absolute Gasteiger partial charge is 0.497 e.